The van der Waals surface area contributed by atoms with E-state index in [2.05, 4.69) is 36.0 Å². The fraction of sp³-hybridized carbons (Fsp3) is 0.700. The molecule has 6 heteroatoms. The summed E-state index contributed by atoms with van der Waals surface area (Å²) in [5, 5.41) is 4.22. The van der Waals surface area contributed by atoms with Crippen LogP contribution in [-0.4, -0.2) is 68.8 Å². The Morgan fingerprint density at radius 3 is 2.54 bits per heavy atom. The maximum absolute atomic E-state index is 6.44. The van der Waals surface area contributed by atoms with E-state index < -0.39 is 0 Å². The Morgan fingerprint density at radius 2 is 1.88 bits per heavy atom. The van der Waals surface area contributed by atoms with E-state index in [1.54, 1.807) is 0 Å². The van der Waals surface area contributed by atoms with E-state index in [9.17, 15) is 0 Å². The van der Waals surface area contributed by atoms with E-state index in [4.69, 9.17) is 21.1 Å². The number of rotatable bonds is 10. The number of benzene rings is 1. The SMILES string of the molecule is CCCOc1c(Cl)cc(CNC(C)CN2CCN(C)CC2)cc1OCC. The number of piperazine rings is 1. The summed E-state index contributed by atoms with van der Waals surface area (Å²) in [5.41, 5.74) is 1.12. The van der Waals surface area contributed by atoms with Gasteiger partial charge in [-0.1, -0.05) is 18.5 Å². The molecular formula is C20H34ClN3O2. The van der Waals surface area contributed by atoms with E-state index >= 15 is 0 Å². The first-order chi connectivity index (χ1) is 12.5. The molecular weight excluding hydrogens is 350 g/mol. The summed E-state index contributed by atoms with van der Waals surface area (Å²) in [6.45, 7) is 13.9. The molecule has 0 spiro atoms. The Morgan fingerprint density at radius 1 is 1.15 bits per heavy atom. The molecule has 5 nitrogen and oxygen atoms in total. The highest BCUT2D eigenvalue weighted by molar-refractivity contribution is 6.32. The van der Waals surface area contributed by atoms with Crippen LogP contribution in [0.1, 0.15) is 32.8 Å². The Kier molecular flexibility index (Phi) is 8.99. The van der Waals surface area contributed by atoms with Gasteiger partial charge in [0.2, 0.25) is 0 Å². The fourth-order valence-corrected chi connectivity index (χ4v) is 3.39. The van der Waals surface area contributed by atoms with E-state index in [1.807, 2.05) is 19.1 Å². The van der Waals surface area contributed by atoms with E-state index in [1.165, 1.54) is 0 Å². The van der Waals surface area contributed by atoms with Gasteiger partial charge in [-0.3, -0.25) is 4.90 Å². The molecule has 1 atom stereocenters. The van der Waals surface area contributed by atoms with Crippen LogP contribution in [-0.2, 0) is 6.54 Å². The normalized spacial score (nSPS) is 17.3. The van der Waals surface area contributed by atoms with Crippen molar-refractivity contribution in [1.82, 2.24) is 15.1 Å². The Labute approximate surface area is 163 Å². The second-order valence-corrected chi connectivity index (χ2v) is 7.48. The molecule has 0 radical (unpaired) electrons. The average molecular weight is 384 g/mol. The quantitative estimate of drug-likeness (QED) is 0.671. The van der Waals surface area contributed by atoms with Crippen LogP contribution in [0.15, 0.2) is 12.1 Å². The molecule has 148 valence electrons. The maximum atomic E-state index is 6.44. The molecule has 0 aromatic heterocycles. The van der Waals surface area contributed by atoms with Crippen molar-refractivity contribution in [3.8, 4) is 11.5 Å². The van der Waals surface area contributed by atoms with E-state index in [0.29, 0.717) is 30.0 Å². The van der Waals surface area contributed by atoms with Gasteiger partial charge in [-0.05, 0) is 45.0 Å². The Hall–Kier alpha value is -1.01. The van der Waals surface area contributed by atoms with Gasteiger partial charge in [0.1, 0.15) is 0 Å². The van der Waals surface area contributed by atoms with Crippen LogP contribution in [0.5, 0.6) is 11.5 Å². The molecule has 0 aliphatic carbocycles. The van der Waals surface area contributed by atoms with Gasteiger partial charge in [0.25, 0.3) is 0 Å². The van der Waals surface area contributed by atoms with Crippen molar-refractivity contribution in [2.75, 3.05) is 53.0 Å². The minimum Gasteiger partial charge on any atom is -0.490 e. The summed E-state index contributed by atoms with van der Waals surface area (Å²) in [7, 11) is 2.19. The monoisotopic (exact) mass is 383 g/mol. The molecule has 1 aromatic carbocycles. The molecule has 1 aliphatic heterocycles. The second-order valence-electron chi connectivity index (χ2n) is 7.07. The van der Waals surface area contributed by atoms with Crippen molar-refractivity contribution in [1.29, 1.82) is 0 Å². The van der Waals surface area contributed by atoms with E-state index in [0.717, 1.165) is 57.0 Å². The first kappa shape index (κ1) is 21.3. The molecule has 0 bridgehead atoms. The first-order valence-electron chi connectivity index (χ1n) is 9.75. The van der Waals surface area contributed by atoms with Crippen molar-refractivity contribution in [2.45, 2.75) is 39.8 Å². The van der Waals surface area contributed by atoms with Gasteiger partial charge >= 0.3 is 0 Å². The van der Waals surface area contributed by atoms with Gasteiger partial charge in [-0.25, -0.2) is 0 Å². The van der Waals surface area contributed by atoms with Gasteiger partial charge < -0.3 is 19.7 Å². The molecule has 2 rings (SSSR count). The standard InChI is InChI=1S/C20H34ClN3O2/c1-5-11-26-20-18(21)12-17(13-19(20)25-6-2)14-22-16(3)15-24-9-7-23(4)8-10-24/h12-13,16,22H,5-11,14-15H2,1-4H3. The van der Waals surface area contributed by atoms with Crippen LogP contribution in [0.3, 0.4) is 0 Å². The number of likely N-dealkylation sites (N-methyl/N-ethyl adjacent to an activating group) is 1. The molecule has 1 aromatic rings. The summed E-state index contributed by atoms with van der Waals surface area (Å²) >= 11 is 6.44. The van der Waals surface area contributed by atoms with Gasteiger partial charge in [0.15, 0.2) is 11.5 Å². The second kappa shape index (κ2) is 11.0. The summed E-state index contributed by atoms with van der Waals surface area (Å²) < 4.78 is 11.5. The van der Waals surface area contributed by atoms with Gasteiger partial charge in [0, 0.05) is 45.3 Å². The lowest BCUT2D eigenvalue weighted by Gasteiger charge is -2.34. The van der Waals surface area contributed by atoms with Crippen molar-refractivity contribution < 1.29 is 9.47 Å². The van der Waals surface area contributed by atoms with Crippen molar-refractivity contribution >= 4 is 11.6 Å². The lowest BCUT2D eigenvalue weighted by Crippen LogP contribution is -2.48. The third-order valence-electron chi connectivity index (χ3n) is 4.60. The van der Waals surface area contributed by atoms with Crippen molar-refractivity contribution in [2.24, 2.45) is 0 Å². The highest BCUT2D eigenvalue weighted by atomic mass is 35.5. The molecule has 0 saturated carbocycles. The van der Waals surface area contributed by atoms with Crippen LogP contribution < -0.4 is 14.8 Å². The van der Waals surface area contributed by atoms with Crippen molar-refractivity contribution in [3.63, 3.8) is 0 Å². The van der Waals surface area contributed by atoms with Crippen LogP contribution in [0.2, 0.25) is 5.02 Å². The summed E-state index contributed by atoms with van der Waals surface area (Å²) in [4.78, 5) is 4.91. The summed E-state index contributed by atoms with van der Waals surface area (Å²) in [5.74, 6) is 1.39. The smallest absolute Gasteiger partial charge is 0.179 e. The molecule has 0 amide bonds. The van der Waals surface area contributed by atoms with Crippen LogP contribution in [0.25, 0.3) is 0 Å². The number of nitrogens with zero attached hydrogens (tertiary/aromatic N) is 2. The van der Waals surface area contributed by atoms with Gasteiger partial charge in [0.05, 0.1) is 18.2 Å². The predicted molar refractivity (Wildman–Crippen MR) is 109 cm³/mol. The maximum Gasteiger partial charge on any atom is 0.179 e. The number of nitrogens with one attached hydrogen (secondary N) is 1. The molecule has 1 aliphatic rings. The van der Waals surface area contributed by atoms with E-state index in [-0.39, 0.29) is 0 Å². The minimum absolute atomic E-state index is 0.420. The first-order valence-corrected chi connectivity index (χ1v) is 10.1. The van der Waals surface area contributed by atoms with Crippen molar-refractivity contribution in [3.05, 3.63) is 22.7 Å². The summed E-state index contributed by atoms with van der Waals surface area (Å²) in [6, 6.07) is 4.43. The van der Waals surface area contributed by atoms with Gasteiger partial charge in [-0.2, -0.15) is 0 Å². The zero-order valence-electron chi connectivity index (χ0n) is 16.7. The van der Waals surface area contributed by atoms with Gasteiger partial charge in [-0.15, -0.1) is 0 Å². The lowest BCUT2D eigenvalue weighted by atomic mass is 10.1. The predicted octanol–water partition coefficient (Wildman–Crippen LogP) is 3.25. The Bertz CT molecular complexity index is 548. The minimum atomic E-state index is 0.420. The zero-order valence-corrected chi connectivity index (χ0v) is 17.4. The highest BCUT2D eigenvalue weighted by Crippen LogP contribution is 2.36. The fourth-order valence-electron chi connectivity index (χ4n) is 3.10. The third-order valence-corrected chi connectivity index (χ3v) is 4.88. The number of hydrogen-bond donors (Lipinski definition) is 1. The molecule has 1 N–H and O–H groups in total. The third kappa shape index (κ3) is 6.62. The highest BCUT2D eigenvalue weighted by Gasteiger charge is 2.17. The van der Waals surface area contributed by atoms with Crippen LogP contribution in [0, 0.1) is 0 Å². The van der Waals surface area contributed by atoms with Crippen LogP contribution in [0.4, 0.5) is 0 Å². The van der Waals surface area contributed by atoms with Crippen LogP contribution >= 0.6 is 11.6 Å². The Balaban J connectivity index is 1.91. The summed E-state index contributed by atoms with van der Waals surface area (Å²) in [6.07, 6.45) is 0.939. The molecule has 1 heterocycles. The average Bonchev–Trinajstić information content (AvgIpc) is 2.61. The zero-order chi connectivity index (χ0) is 18.9. The molecule has 26 heavy (non-hydrogen) atoms. The number of ether oxygens (including phenoxy) is 2. The number of hydrogen-bond acceptors (Lipinski definition) is 5. The largest absolute Gasteiger partial charge is 0.490 e. The topological polar surface area (TPSA) is 37.0 Å². The lowest BCUT2D eigenvalue weighted by molar-refractivity contribution is 0.144. The molecule has 1 unspecified atom stereocenters. The molecule has 1 saturated heterocycles. The molecule has 1 fully saturated rings. The number of halogens is 1.